The Kier molecular flexibility index (Phi) is 4.43. The lowest BCUT2D eigenvalue weighted by Crippen LogP contribution is -2.34. The van der Waals surface area contributed by atoms with Crippen molar-refractivity contribution in [3.63, 3.8) is 0 Å². The third kappa shape index (κ3) is 3.27. The van der Waals surface area contributed by atoms with Gasteiger partial charge in [0.15, 0.2) is 0 Å². The van der Waals surface area contributed by atoms with Crippen LogP contribution in [0.25, 0.3) is 0 Å². The summed E-state index contributed by atoms with van der Waals surface area (Å²) < 4.78 is 5.16. The second-order valence-electron chi connectivity index (χ2n) is 5.48. The van der Waals surface area contributed by atoms with Crippen molar-refractivity contribution in [3.05, 3.63) is 63.7 Å². The number of rotatable bonds is 5. The molecule has 1 heterocycles. The van der Waals surface area contributed by atoms with E-state index in [1.54, 1.807) is 19.2 Å². The minimum Gasteiger partial charge on any atom is -0.497 e. The van der Waals surface area contributed by atoms with Gasteiger partial charge in [-0.3, -0.25) is 10.1 Å². The van der Waals surface area contributed by atoms with E-state index in [9.17, 15) is 10.1 Å². The van der Waals surface area contributed by atoms with Gasteiger partial charge < -0.3 is 15.4 Å². The molecule has 2 aromatic rings. The van der Waals surface area contributed by atoms with E-state index in [0.717, 1.165) is 13.0 Å². The van der Waals surface area contributed by atoms with Crippen molar-refractivity contribution in [2.24, 2.45) is 0 Å². The first-order valence-electron chi connectivity index (χ1n) is 7.56. The first-order chi connectivity index (χ1) is 11.2. The number of nitro benzene ring substituents is 1. The Morgan fingerprint density at radius 1 is 1.35 bits per heavy atom. The monoisotopic (exact) mass is 313 g/mol. The van der Waals surface area contributed by atoms with Gasteiger partial charge in [0, 0.05) is 24.7 Å². The zero-order valence-corrected chi connectivity index (χ0v) is 12.9. The number of hydrogen-bond donors (Lipinski definition) is 2. The number of methoxy groups -OCH3 is 1. The number of anilines is 1. The lowest BCUT2D eigenvalue weighted by atomic mass is 9.94. The van der Waals surface area contributed by atoms with Crippen LogP contribution in [0, 0.1) is 10.1 Å². The molecule has 1 aliphatic heterocycles. The number of nitro groups is 1. The van der Waals surface area contributed by atoms with Crippen LogP contribution in [0.15, 0.2) is 42.5 Å². The fourth-order valence-corrected chi connectivity index (χ4v) is 2.93. The van der Waals surface area contributed by atoms with E-state index >= 15 is 0 Å². The van der Waals surface area contributed by atoms with Crippen molar-refractivity contribution in [3.8, 4) is 5.75 Å². The van der Waals surface area contributed by atoms with Crippen molar-refractivity contribution in [1.29, 1.82) is 0 Å². The predicted molar refractivity (Wildman–Crippen MR) is 89.0 cm³/mol. The second kappa shape index (κ2) is 6.66. The summed E-state index contributed by atoms with van der Waals surface area (Å²) in [6, 6.07) is 13.2. The van der Waals surface area contributed by atoms with Crippen LogP contribution >= 0.6 is 0 Å². The molecule has 0 spiro atoms. The molecule has 2 aromatic carbocycles. The molecule has 23 heavy (non-hydrogen) atoms. The average molecular weight is 313 g/mol. The number of ether oxygens (including phenoxy) is 1. The van der Waals surface area contributed by atoms with Gasteiger partial charge in [0.25, 0.3) is 5.69 Å². The van der Waals surface area contributed by atoms with Gasteiger partial charge in [0.1, 0.15) is 11.4 Å². The molecule has 0 fully saturated rings. The lowest BCUT2D eigenvalue weighted by Gasteiger charge is -2.27. The molecule has 0 saturated carbocycles. The van der Waals surface area contributed by atoms with Crippen LogP contribution in [0.3, 0.4) is 0 Å². The summed E-state index contributed by atoms with van der Waals surface area (Å²) in [6.07, 6.45) is 1.01. The van der Waals surface area contributed by atoms with Crippen molar-refractivity contribution in [1.82, 2.24) is 5.32 Å². The molecule has 120 valence electrons. The number of fused-ring (bicyclic) bond motifs is 1. The smallest absolute Gasteiger partial charge is 0.292 e. The first-order valence-corrected chi connectivity index (χ1v) is 7.56. The number of nitrogens with one attached hydrogen (secondary N) is 2. The molecule has 0 amide bonds. The number of nitrogens with zero attached hydrogens (tertiary/aromatic N) is 1. The fourth-order valence-electron chi connectivity index (χ4n) is 2.93. The maximum absolute atomic E-state index is 11.2. The van der Waals surface area contributed by atoms with Gasteiger partial charge in [0.2, 0.25) is 0 Å². The van der Waals surface area contributed by atoms with E-state index in [1.165, 1.54) is 17.2 Å². The van der Waals surface area contributed by atoms with Crippen LogP contribution in [-0.2, 0) is 6.42 Å². The predicted octanol–water partition coefficient (Wildman–Crippen LogP) is 2.90. The van der Waals surface area contributed by atoms with Gasteiger partial charge in [0.05, 0.1) is 12.0 Å². The Balaban J connectivity index is 1.80. The summed E-state index contributed by atoms with van der Waals surface area (Å²) in [6.45, 7) is 1.48. The minimum atomic E-state index is -0.385. The highest BCUT2D eigenvalue weighted by Crippen LogP contribution is 2.30. The minimum absolute atomic E-state index is 0.0508. The summed E-state index contributed by atoms with van der Waals surface area (Å²) >= 11 is 0. The normalized spacial score (nSPS) is 16.5. The largest absolute Gasteiger partial charge is 0.497 e. The molecule has 0 bridgehead atoms. The van der Waals surface area contributed by atoms with Gasteiger partial charge in [-0.25, -0.2) is 0 Å². The maximum atomic E-state index is 11.2. The Bertz CT molecular complexity index is 718. The number of benzene rings is 2. The third-order valence-electron chi connectivity index (χ3n) is 4.11. The molecule has 0 radical (unpaired) electrons. The van der Waals surface area contributed by atoms with Crippen LogP contribution in [-0.4, -0.2) is 25.1 Å². The molecular weight excluding hydrogens is 294 g/mol. The average Bonchev–Trinajstić information content (AvgIpc) is 2.59. The van der Waals surface area contributed by atoms with Crippen LogP contribution in [0.4, 0.5) is 11.4 Å². The van der Waals surface area contributed by atoms with Gasteiger partial charge in [-0.1, -0.05) is 24.3 Å². The molecule has 0 aliphatic carbocycles. The SMILES string of the molecule is COc1ccc([N+](=O)[O-])c(NCC2NCCc3ccccc32)c1. The van der Waals surface area contributed by atoms with Crippen LogP contribution in [0.1, 0.15) is 17.2 Å². The summed E-state index contributed by atoms with van der Waals surface area (Å²) in [4.78, 5) is 10.8. The zero-order valence-electron chi connectivity index (χ0n) is 12.9. The quantitative estimate of drug-likeness (QED) is 0.655. The molecule has 2 N–H and O–H groups in total. The Hall–Kier alpha value is -2.60. The molecule has 3 rings (SSSR count). The highest BCUT2D eigenvalue weighted by molar-refractivity contribution is 5.64. The van der Waals surface area contributed by atoms with E-state index < -0.39 is 0 Å². The molecule has 1 atom stereocenters. The highest BCUT2D eigenvalue weighted by atomic mass is 16.6. The van der Waals surface area contributed by atoms with Gasteiger partial charge in [-0.2, -0.15) is 0 Å². The molecule has 1 aliphatic rings. The van der Waals surface area contributed by atoms with Crippen LogP contribution in [0.5, 0.6) is 5.75 Å². The number of hydrogen-bond acceptors (Lipinski definition) is 5. The Morgan fingerprint density at radius 2 is 2.17 bits per heavy atom. The molecule has 1 unspecified atom stereocenters. The van der Waals surface area contributed by atoms with Crippen molar-refractivity contribution >= 4 is 11.4 Å². The standard InChI is InChI=1S/C17H19N3O3/c1-23-13-6-7-17(20(21)22)15(10-13)19-11-16-14-5-3-2-4-12(14)8-9-18-16/h2-7,10,16,18-19H,8-9,11H2,1H3. The first kappa shape index (κ1) is 15.3. The molecule has 6 heteroatoms. The van der Waals surface area contributed by atoms with Gasteiger partial charge >= 0.3 is 0 Å². The van der Waals surface area contributed by atoms with E-state index in [0.29, 0.717) is 18.0 Å². The highest BCUT2D eigenvalue weighted by Gasteiger charge is 2.21. The van der Waals surface area contributed by atoms with E-state index in [2.05, 4.69) is 22.8 Å². The second-order valence-corrected chi connectivity index (χ2v) is 5.48. The van der Waals surface area contributed by atoms with Crippen molar-refractivity contribution in [2.75, 3.05) is 25.5 Å². The summed E-state index contributed by atoms with van der Waals surface area (Å²) in [5.74, 6) is 0.593. The zero-order chi connectivity index (χ0) is 16.2. The Morgan fingerprint density at radius 3 is 2.96 bits per heavy atom. The maximum Gasteiger partial charge on any atom is 0.292 e. The molecule has 6 nitrogen and oxygen atoms in total. The topological polar surface area (TPSA) is 76.4 Å². The fraction of sp³-hybridized carbons (Fsp3) is 0.294. The third-order valence-corrected chi connectivity index (χ3v) is 4.11. The van der Waals surface area contributed by atoms with Gasteiger partial charge in [-0.05, 0) is 30.2 Å². The van der Waals surface area contributed by atoms with Crippen LogP contribution < -0.4 is 15.4 Å². The lowest BCUT2D eigenvalue weighted by molar-refractivity contribution is -0.384. The summed E-state index contributed by atoms with van der Waals surface area (Å²) in [7, 11) is 1.55. The Labute approximate surface area is 134 Å². The summed E-state index contributed by atoms with van der Waals surface area (Å²) in [5.41, 5.74) is 3.10. The van der Waals surface area contributed by atoms with E-state index in [-0.39, 0.29) is 16.7 Å². The van der Waals surface area contributed by atoms with E-state index in [4.69, 9.17) is 4.74 Å². The van der Waals surface area contributed by atoms with Crippen molar-refractivity contribution in [2.45, 2.75) is 12.5 Å². The summed E-state index contributed by atoms with van der Waals surface area (Å²) in [5, 5.41) is 17.8. The van der Waals surface area contributed by atoms with Gasteiger partial charge in [-0.15, -0.1) is 0 Å². The van der Waals surface area contributed by atoms with Crippen molar-refractivity contribution < 1.29 is 9.66 Å². The molecular formula is C17H19N3O3. The van der Waals surface area contributed by atoms with Crippen LogP contribution in [0.2, 0.25) is 0 Å². The molecule has 0 saturated heterocycles. The molecule has 0 aromatic heterocycles. The van der Waals surface area contributed by atoms with E-state index in [1.807, 2.05) is 12.1 Å².